The normalized spacial score (nSPS) is 10.6. The minimum atomic E-state index is -0.545. The molecule has 4 aromatic rings. The molecule has 0 fully saturated rings. The number of hydrogen-bond donors (Lipinski definition) is 2. The Hall–Kier alpha value is -4.12. The van der Waals surface area contributed by atoms with Crippen LogP contribution in [0.25, 0.3) is 17.1 Å². The zero-order chi connectivity index (χ0) is 23.0. The summed E-state index contributed by atoms with van der Waals surface area (Å²) in [7, 11) is 0. The molecule has 2 N–H and O–H groups in total. The zero-order valence-corrected chi connectivity index (χ0v) is 18.4. The minimum absolute atomic E-state index is 0.00391. The van der Waals surface area contributed by atoms with Gasteiger partial charge in [0.1, 0.15) is 5.75 Å². The lowest BCUT2D eigenvalue weighted by atomic mass is 10.2. The van der Waals surface area contributed by atoms with Gasteiger partial charge in [0.05, 0.1) is 18.6 Å². The van der Waals surface area contributed by atoms with Gasteiger partial charge < -0.3 is 9.15 Å². The van der Waals surface area contributed by atoms with Crippen LogP contribution in [0.15, 0.2) is 76.8 Å². The molecule has 1 aromatic carbocycles. The summed E-state index contributed by atoms with van der Waals surface area (Å²) in [6.07, 6.45) is 4.73. The van der Waals surface area contributed by atoms with Crippen LogP contribution in [0, 0.1) is 0 Å². The average molecular weight is 465 g/mol. The summed E-state index contributed by atoms with van der Waals surface area (Å²) in [6, 6.07) is 14.3. The van der Waals surface area contributed by atoms with Crippen molar-refractivity contribution in [1.29, 1.82) is 0 Å². The Morgan fingerprint density at radius 1 is 1.06 bits per heavy atom. The number of benzene rings is 1. The van der Waals surface area contributed by atoms with Gasteiger partial charge in [-0.1, -0.05) is 11.8 Å². The van der Waals surface area contributed by atoms with Crippen LogP contribution in [0.3, 0.4) is 0 Å². The van der Waals surface area contributed by atoms with E-state index in [1.165, 1.54) is 24.1 Å². The highest BCUT2D eigenvalue weighted by molar-refractivity contribution is 7.99. The standard InChI is InChI=1S/C22H20N6O4S/c1-2-31-17-7-5-16(6-8-17)28-20(15-9-11-23-12-10-15)25-27-22(28)33-14-19(29)24-26-21(30)18-4-3-13-32-18/h3-13H,2,14H2,1H3,(H,24,29)(H,26,30). The number of furan rings is 1. The van der Waals surface area contributed by atoms with Gasteiger partial charge in [-0.05, 0) is 55.5 Å². The van der Waals surface area contributed by atoms with Gasteiger partial charge in [-0.25, -0.2) is 0 Å². The first-order valence-corrected chi connectivity index (χ1v) is 11.0. The number of ether oxygens (including phenoxy) is 1. The van der Waals surface area contributed by atoms with Crippen LogP contribution in [-0.2, 0) is 4.79 Å². The summed E-state index contributed by atoms with van der Waals surface area (Å²) < 4.78 is 12.4. The van der Waals surface area contributed by atoms with Crippen LogP contribution in [0.1, 0.15) is 17.5 Å². The fraction of sp³-hybridized carbons (Fsp3) is 0.136. The predicted molar refractivity (Wildman–Crippen MR) is 121 cm³/mol. The number of hydrazine groups is 1. The highest BCUT2D eigenvalue weighted by Crippen LogP contribution is 2.28. The molecule has 11 heteroatoms. The number of pyridine rings is 1. The Balaban J connectivity index is 1.51. The number of thioether (sulfide) groups is 1. The van der Waals surface area contributed by atoms with Crippen LogP contribution in [0.2, 0.25) is 0 Å². The molecule has 4 rings (SSSR count). The molecule has 0 saturated carbocycles. The van der Waals surface area contributed by atoms with Gasteiger partial charge in [0.2, 0.25) is 5.91 Å². The second-order valence-corrected chi connectivity index (χ2v) is 7.52. The van der Waals surface area contributed by atoms with Crippen molar-refractivity contribution in [3.8, 4) is 22.8 Å². The fourth-order valence-electron chi connectivity index (χ4n) is 2.90. The van der Waals surface area contributed by atoms with E-state index in [1.54, 1.807) is 18.5 Å². The van der Waals surface area contributed by atoms with Crippen LogP contribution >= 0.6 is 11.8 Å². The first-order valence-electron chi connectivity index (χ1n) is 10.00. The van der Waals surface area contributed by atoms with Crippen LogP contribution in [-0.4, -0.2) is 43.9 Å². The second-order valence-electron chi connectivity index (χ2n) is 6.57. The fourth-order valence-corrected chi connectivity index (χ4v) is 3.66. The molecule has 2 amide bonds. The van der Waals surface area contributed by atoms with Crippen molar-refractivity contribution in [1.82, 2.24) is 30.6 Å². The van der Waals surface area contributed by atoms with Crippen LogP contribution in [0.4, 0.5) is 0 Å². The average Bonchev–Trinajstić information content (AvgIpc) is 3.53. The van der Waals surface area contributed by atoms with Gasteiger partial charge in [0.15, 0.2) is 16.7 Å². The third-order valence-corrected chi connectivity index (χ3v) is 5.30. The molecule has 0 radical (unpaired) electrons. The number of carbonyl (C=O) groups excluding carboxylic acids is 2. The highest BCUT2D eigenvalue weighted by Gasteiger charge is 2.18. The van der Waals surface area contributed by atoms with Crippen molar-refractivity contribution in [2.45, 2.75) is 12.1 Å². The van der Waals surface area contributed by atoms with E-state index in [4.69, 9.17) is 9.15 Å². The van der Waals surface area contributed by atoms with Crippen molar-refractivity contribution < 1.29 is 18.7 Å². The SMILES string of the molecule is CCOc1ccc(-n2c(SCC(=O)NNC(=O)c3ccco3)nnc2-c2ccncc2)cc1. The first-order chi connectivity index (χ1) is 16.2. The summed E-state index contributed by atoms with van der Waals surface area (Å²) >= 11 is 1.18. The Labute approximate surface area is 193 Å². The van der Waals surface area contributed by atoms with E-state index in [0.29, 0.717) is 17.6 Å². The third-order valence-electron chi connectivity index (χ3n) is 4.37. The minimum Gasteiger partial charge on any atom is -0.494 e. The molecule has 33 heavy (non-hydrogen) atoms. The lowest BCUT2D eigenvalue weighted by Gasteiger charge is -2.11. The maximum atomic E-state index is 12.3. The van der Waals surface area contributed by atoms with Gasteiger partial charge in [-0.2, -0.15) is 0 Å². The molecule has 0 spiro atoms. The molecule has 0 aliphatic rings. The van der Waals surface area contributed by atoms with Crippen LogP contribution < -0.4 is 15.6 Å². The maximum absolute atomic E-state index is 12.3. The Morgan fingerprint density at radius 2 is 1.85 bits per heavy atom. The Morgan fingerprint density at radius 3 is 2.55 bits per heavy atom. The van der Waals surface area contributed by atoms with E-state index < -0.39 is 11.8 Å². The Bertz CT molecular complexity index is 1210. The molecule has 3 aromatic heterocycles. The first kappa shape index (κ1) is 22.1. The molecule has 3 heterocycles. The Kier molecular flexibility index (Phi) is 7.00. The molecule has 0 unspecified atom stereocenters. The van der Waals surface area contributed by atoms with Crippen molar-refractivity contribution in [3.05, 3.63) is 72.9 Å². The molecular formula is C22H20N6O4S. The highest BCUT2D eigenvalue weighted by atomic mass is 32.2. The topological polar surface area (TPSA) is 124 Å². The zero-order valence-electron chi connectivity index (χ0n) is 17.6. The predicted octanol–water partition coefficient (Wildman–Crippen LogP) is 2.87. The number of nitrogens with one attached hydrogen (secondary N) is 2. The second kappa shape index (κ2) is 10.5. The van der Waals surface area contributed by atoms with Crippen molar-refractivity contribution in [3.63, 3.8) is 0 Å². The van der Waals surface area contributed by atoms with E-state index in [9.17, 15) is 9.59 Å². The monoisotopic (exact) mass is 464 g/mol. The molecule has 0 aliphatic carbocycles. The summed E-state index contributed by atoms with van der Waals surface area (Å²) in [5.74, 6) is 0.503. The van der Waals surface area contributed by atoms with Gasteiger partial charge >= 0.3 is 5.91 Å². The molecular weight excluding hydrogens is 444 g/mol. The number of nitrogens with zero attached hydrogens (tertiary/aromatic N) is 4. The maximum Gasteiger partial charge on any atom is 0.305 e. The summed E-state index contributed by atoms with van der Waals surface area (Å²) in [5, 5.41) is 9.12. The number of rotatable bonds is 8. The smallest absolute Gasteiger partial charge is 0.305 e. The molecule has 0 aliphatic heterocycles. The number of carbonyl (C=O) groups is 2. The van der Waals surface area contributed by atoms with Gasteiger partial charge in [-0.3, -0.25) is 30.0 Å². The van der Waals surface area contributed by atoms with Gasteiger partial charge in [0.25, 0.3) is 0 Å². The lowest BCUT2D eigenvalue weighted by Crippen LogP contribution is -2.42. The van der Waals surface area contributed by atoms with E-state index in [0.717, 1.165) is 17.0 Å². The third kappa shape index (κ3) is 5.39. The molecule has 10 nitrogen and oxygen atoms in total. The molecule has 0 saturated heterocycles. The van der Waals surface area contributed by atoms with E-state index >= 15 is 0 Å². The molecule has 168 valence electrons. The van der Waals surface area contributed by atoms with E-state index in [1.807, 2.05) is 47.9 Å². The van der Waals surface area contributed by atoms with Crippen LogP contribution in [0.5, 0.6) is 5.75 Å². The molecule has 0 atom stereocenters. The summed E-state index contributed by atoms with van der Waals surface area (Å²) in [4.78, 5) is 28.2. The quantitative estimate of drug-likeness (QED) is 0.301. The number of aromatic nitrogens is 4. The largest absolute Gasteiger partial charge is 0.494 e. The lowest BCUT2D eigenvalue weighted by molar-refractivity contribution is -0.119. The van der Waals surface area contributed by atoms with Crippen molar-refractivity contribution in [2.24, 2.45) is 0 Å². The summed E-state index contributed by atoms with van der Waals surface area (Å²) in [6.45, 7) is 2.49. The summed E-state index contributed by atoms with van der Waals surface area (Å²) in [5.41, 5.74) is 6.30. The van der Waals surface area contributed by atoms with E-state index in [-0.39, 0.29) is 11.5 Å². The van der Waals surface area contributed by atoms with Gasteiger partial charge in [0, 0.05) is 23.6 Å². The number of hydrogen-bond acceptors (Lipinski definition) is 8. The number of amides is 2. The van der Waals surface area contributed by atoms with Gasteiger partial charge in [-0.15, -0.1) is 10.2 Å². The van der Waals surface area contributed by atoms with Crippen molar-refractivity contribution in [2.75, 3.05) is 12.4 Å². The molecule has 0 bridgehead atoms. The van der Waals surface area contributed by atoms with Crippen molar-refractivity contribution >= 4 is 23.6 Å². The van der Waals surface area contributed by atoms with E-state index in [2.05, 4.69) is 26.0 Å².